The van der Waals surface area contributed by atoms with Crippen LogP contribution < -0.4 is 4.90 Å². The van der Waals surface area contributed by atoms with Gasteiger partial charge in [0.15, 0.2) is 0 Å². The number of aliphatic hydroxyl groups excluding tert-OH is 1. The van der Waals surface area contributed by atoms with Crippen molar-refractivity contribution < 1.29 is 14.2 Å². The fraction of sp³-hybridized carbons (Fsp3) is 0.625. The Morgan fingerprint density at radius 1 is 1.50 bits per heavy atom. The molecular weight excluding hydrogens is 257 g/mol. The van der Waals surface area contributed by atoms with Gasteiger partial charge in [0.05, 0.1) is 12.2 Å². The van der Waals surface area contributed by atoms with Gasteiger partial charge in [-0.1, -0.05) is 6.92 Å². The number of benzene rings is 1. The Kier molecular flexibility index (Phi) is 5.38. The van der Waals surface area contributed by atoms with Gasteiger partial charge in [0.1, 0.15) is 5.82 Å². The van der Waals surface area contributed by atoms with E-state index in [1.54, 1.807) is 13.0 Å². The lowest BCUT2D eigenvalue weighted by Crippen LogP contribution is -2.40. The summed E-state index contributed by atoms with van der Waals surface area (Å²) in [6.45, 7) is 6.30. The number of anilines is 1. The van der Waals surface area contributed by atoms with Crippen LogP contribution in [0.5, 0.6) is 0 Å². The van der Waals surface area contributed by atoms with Crippen molar-refractivity contribution in [3.8, 4) is 0 Å². The number of rotatable bonds is 5. The van der Waals surface area contributed by atoms with Crippen molar-refractivity contribution in [2.45, 2.75) is 45.3 Å². The SMILES string of the molecule is CCCOC1CCCN(c2ccc(F)cc2C(C)O)C1. The third kappa shape index (κ3) is 3.70. The molecule has 1 aliphatic rings. The first-order chi connectivity index (χ1) is 9.61. The van der Waals surface area contributed by atoms with E-state index in [1.165, 1.54) is 12.1 Å². The van der Waals surface area contributed by atoms with E-state index in [0.717, 1.165) is 44.6 Å². The number of halogens is 1. The minimum absolute atomic E-state index is 0.232. The quantitative estimate of drug-likeness (QED) is 0.899. The standard InChI is InChI=1S/C16H24FNO2/c1-3-9-20-14-5-4-8-18(11-14)16-7-6-13(17)10-15(16)12(2)19/h6-7,10,12,14,19H,3-5,8-9,11H2,1-2H3. The van der Waals surface area contributed by atoms with Crippen LogP contribution in [-0.4, -0.2) is 30.9 Å². The van der Waals surface area contributed by atoms with E-state index in [4.69, 9.17) is 4.74 Å². The molecule has 3 nitrogen and oxygen atoms in total. The highest BCUT2D eigenvalue weighted by Crippen LogP contribution is 2.30. The van der Waals surface area contributed by atoms with E-state index in [0.29, 0.717) is 5.56 Å². The van der Waals surface area contributed by atoms with Gasteiger partial charge in [-0.15, -0.1) is 0 Å². The predicted octanol–water partition coefficient (Wildman–Crippen LogP) is 3.27. The molecule has 1 aromatic carbocycles. The second kappa shape index (κ2) is 7.04. The summed E-state index contributed by atoms with van der Waals surface area (Å²) in [5.74, 6) is -0.305. The highest BCUT2D eigenvalue weighted by molar-refractivity contribution is 5.55. The maximum absolute atomic E-state index is 13.4. The van der Waals surface area contributed by atoms with Crippen LogP contribution in [0.25, 0.3) is 0 Å². The van der Waals surface area contributed by atoms with Crippen molar-refractivity contribution >= 4 is 5.69 Å². The Bertz CT molecular complexity index is 436. The third-order valence-corrected chi connectivity index (χ3v) is 3.72. The summed E-state index contributed by atoms with van der Waals surface area (Å²) in [6.07, 6.45) is 2.71. The predicted molar refractivity (Wildman–Crippen MR) is 78.5 cm³/mol. The van der Waals surface area contributed by atoms with Gasteiger partial charge in [0.25, 0.3) is 0 Å². The highest BCUT2D eigenvalue weighted by atomic mass is 19.1. The van der Waals surface area contributed by atoms with Crippen molar-refractivity contribution in [3.63, 3.8) is 0 Å². The molecule has 0 radical (unpaired) electrons. The fourth-order valence-electron chi connectivity index (χ4n) is 2.73. The minimum Gasteiger partial charge on any atom is -0.389 e. The number of ether oxygens (including phenoxy) is 1. The zero-order chi connectivity index (χ0) is 14.5. The molecule has 20 heavy (non-hydrogen) atoms. The number of nitrogens with zero attached hydrogens (tertiary/aromatic N) is 1. The Balaban J connectivity index is 2.14. The van der Waals surface area contributed by atoms with Crippen molar-refractivity contribution in [1.29, 1.82) is 0 Å². The summed E-state index contributed by atoms with van der Waals surface area (Å²) in [4.78, 5) is 2.20. The Hall–Kier alpha value is -1.13. The van der Waals surface area contributed by atoms with Gasteiger partial charge in [-0.2, -0.15) is 0 Å². The minimum atomic E-state index is -0.669. The summed E-state index contributed by atoms with van der Waals surface area (Å²) in [6, 6.07) is 4.65. The normalized spacial score (nSPS) is 21.0. The van der Waals surface area contributed by atoms with Crippen LogP contribution in [0.2, 0.25) is 0 Å². The van der Waals surface area contributed by atoms with Crippen LogP contribution in [-0.2, 0) is 4.74 Å². The Morgan fingerprint density at radius 3 is 3.00 bits per heavy atom. The molecule has 1 aromatic rings. The van der Waals surface area contributed by atoms with Crippen LogP contribution in [0.15, 0.2) is 18.2 Å². The van der Waals surface area contributed by atoms with Gasteiger partial charge in [-0.3, -0.25) is 0 Å². The maximum Gasteiger partial charge on any atom is 0.123 e. The molecule has 0 bridgehead atoms. The Morgan fingerprint density at radius 2 is 2.30 bits per heavy atom. The third-order valence-electron chi connectivity index (χ3n) is 3.72. The van der Waals surface area contributed by atoms with E-state index in [2.05, 4.69) is 11.8 Å². The van der Waals surface area contributed by atoms with E-state index in [-0.39, 0.29) is 11.9 Å². The second-order valence-electron chi connectivity index (χ2n) is 5.46. The zero-order valence-corrected chi connectivity index (χ0v) is 12.3. The lowest BCUT2D eigenvalue weighted by Gasteiger charge is -2.35. The van der Waals surface area contributed by atoms with Gasteiger partial charge in [0.2, 0.25) is 0 Å². The molecule has 0 spiro atoms. The summed E-state index contributed by atoms with van der Waals surface area (Å²) in [5, 5.41) is 9.84. The Labute approximate surface area is 120 Å². The average molecular weight is 281 g/mol. The molecule has 4 heteroatoms. The topological polar surface area (TPSA) is 32.7 Å². The van der Waals surface area contributed by atoms with Crippen LogP contribution in [0, 0.1) is 5.82 Å². The van der Waals surface area contributed by atoms with Gasteiger partial charge < -0.3 is 14.7 Å². The van der Waals surface area contributed by atoms with Crippen LogP contribution >= 0.6 is 0 Å². The molecule has 1 fully saturated rings. The first kappa shape index (κ1) is 15.3. The fourth-order valence-corrected chi connectivity index (χ4v) is 2.73. The zero-order valence-electron chi connectivity index (χ0n) is 12.3. The highest BCUT2D eigenvalue weighted by Gasteiger charge is 2.23. The van der Waals surface area contributed by atoms with Crippen molar-refractivity contribution in [2.24, 2.45) is 0 Å². The average Bonchev–Trinajstić information content (AvgIpc) is 2.45. The summed E-state index contributed by atoms with van der Waals surface area (Å²) in [5.41, 5.74) is 1.58. The molecule has 1 N–H and O–H groups in total. The van der Waals surface area contributed by atoms with E-state index >= 15 is 0 Å². The number of piperidine rings is 1. The summed E-state index contributed by atoms with van der Waals surface area (Å²) in [7, 11) is 0. The largest absolute Gasteiger partial charge is 0.389 e. The number of hydrogen-bond acceptors (Lipinski definition) is 3. The van der Waals surface area contributed by atoms with Crippen molar-refractivity contribution in [3.05, 3.63) is 29.6 Å². The molecule has 0 saturated carbocycles. The number of hydrogen-bond donors (Lipinski definition) is 1. The van der Waals surface area contributed by atoms with Gasteiger partial charge in [-0.05, 0) is 44.4 Å². The first-order valence-electron chi connectivity index (χ1n) is 7.46. The molecule has 2 unspecified atom stereocenters. The first-order valence-corrected chi connectivity index (χ1v) is 7.46. The molecule has 2 rings (SSSR count). The molecule has 1 aliphatic heterocycles. The molecule has 0 aliphatic carbocycles. The molecule has 1 saturated heterocycles. The molecule has 1 heterocycles. The lowest BCUT2D eigenvalue weighted by molar-refractivity contribution is 0.0439. The van der Waals surface area contributed by atoms with E-state index in [9.17, 15) is 9.50 Å². The van der Waals surface area contributed by atoms with E-state index < -0.39 is 6.10 Å². The second-order valence-corrected chi connectivity index (χ2v) is 5.46. The lowest BCUT2D eigenvalue weighted by atomic mass is 10.0. The monoisotopic (exact) mass is 281 g/mol. The molecule has 112 valence electrons. The maximum atomic E-state index is 13.4. The molecular formula is C16H24FNO2. The molecule has 2 atom stereocenters. The van der Waals surface area contributed by atoms with Gasteiger partial charge in [0, 0.05) is 30.9 Å². The van der Waals surface area contributed by atoms with Gasteiger partial charge in [-0.25, -0.2) is 4.39 Å². The summed E-state index contributed by atoms with van der Waals surface area (Å²) < 4.78 is 19.2. The van der Waals surface area contributed by atoms with Crippen LogP contribution in [0.4, 0.5) is 10.1 Å². The van der Waals surface area contributed by atoms with Crippen LogP contribution in [0.1, 0.15) is 44.8 Å². The van der Waals surface area contributed by atoms with Crippen LogP contribution in [0.3, 0.4) is 0 Å². The van der Waals surface area contributed by atoms with E-state index in [1.807, 2.05) is 0 Å². The van der Waals surface area contributed by atoms with Crippen molar-refractivity contribution in [1.82, 2.24) is 0 Å². The summed E-state index contributed by atoms with van der Waals surface area (Å²) >= 11 is 0. The smallest absolute Gasteiger partial charge is 0.123 e. The van der Waals surface area contributed by atoms with Gasteiger partial charge >= 0.3 is 0 Å². The molecule has 0 aromatic heterocycles. The van der Waals surface area contributed by atoms with Crippen molar-refractivity contribution in [2.75, 3.05) is 24.6 Å². The number of aliphatic hydroxyl groups is 1. The molecule has 0 amide bonds.